The highest BCUT2D eigenvalue weighted by atomic mass is 16.8. The van der Waals surface area contributed by atoms with Crippen LogP contribution in [-0.4, -0.2) is 75.2 Å². The zero-order valence-corrected chi connectivity index (χ0v) is 25.1. The molecular formula is C32H36N6O6. The summed E-state index contributed by atoms with van der Waals surface area (Å²) in [5.74, 6) is -1.67. The van der Waals surface area contributed by atoms with Gasteiger partial charge in [0, 0.05) is 19.0 Å². The highest BCUT2D eigenvalue weighted by Crippen LogP contribution is 2.44. The van der Waals surface area contributed by atoms with E-state index < -0.39 is 36.3 Å². The second kappa shape index (κ2) is 12.3. The van der Waals surface area contributed by atoms with Crippen LogP contribution in [0.5, 0.6) is 0 Å². The van der Waals surface area contributed by atoms with Crippen molar-refractivity contribution in [3.05, 3.63) is 83.9 Å². The van der Waals surface area contributed by atoms with Gasteiger partial charge in [-0.25, -0.2) is 19.7 Å². The van der Waals surface area contributed by atoms with E-state index in [0.29, 0.717) is 30.1 Å². The van der Waals surface area contributed by atoms with Crippen LogP contribution in [0.15, 0.2) is 67.0 Å². The molecule has 4 heterocycles. The lowest BCUT2D eigenvalue weighted by Gasteiger charge is -2.24. The molecule has 2 fully saturated rings. The number of hydrogen-bond acceptors (Lipinski definition) is 10. The largest absolute Gasteiger partial charge is 0.460 e. The zero-order chi connectivity index (χ0) is 30.8. The van der Waals surface area contributed by atoms with Gasteiger partial charge in [0.25, 0.3) is 5.91 Å². The number of ether oxygens (including phenoxy) is 4. The minimum atomic E-state index is -0.930. The van der Waals surface area contributed by atoms with Gasteiger partial charge in [0.1, 0.15) is 12.2 Å². The van der Waals surface area contributed by atoms with Crippen molar-refractivity contribution < 1.29 is 28.5 Å². The maximum absolute atomic E-state index is 12.9. The summed E-state index contributed by atoms with van der Waals surface area (Å²) in [6, 6.07) is 20.3. The molecule has 2 aliphatic heterocycles. The number of rotatable bonds is 10. The van der Waals surface area contributed by atoms with Crippen LogP contribution in [0.4, 0.5) is 5.82 Å². The Labute approximate surface area is 255 Å². The molecule has 12 nitrogen and oxygen atoms in total. The van der Waals surface area contributed by atoms with Crippen LogP contribution in [0.25, 0.3) is 11.2 Å². The molecule has 2 aliphatic rings. The number of nitrogens with zero attached hydrogens (tertiary/aromatic N) is 4. The number of fused-ring (bicyclic) bond motifs is 2. The summed E-state index contributed by atoms with van der Waals surface area (Å²) in [5, 5.41) is 6.24. The van der Waals surface area contributed by atoms with E-state index in [1.54, 1.807) is 31.7 Å². The molecule has 2 aromatic heterocycles. The normalized spacial score (nSPS) is 22.2. The van der Waals surface area contributed by atoms with Gasteiger partial charge in [0.15, 0.2) is 35.1 Å². The molecule has 4 atom stereocenters. The molecule has 0 saturated carbocycles. The molecule has 0 spiro atoms. The van der Waals surface area contributed by atoms with Gasteiger partial charge in [-0.05, 0) is 38.8 Å². The summed E-state index contributed by atoms with van der Waals surface area (Å²) < 4.78 is 25.5. The number of carbonyl (C=O) groups excluding carboxylic acids is 2. The lowest BCUT2D eigenvalue weighted by Crippen LogP contribution is -2.42. The predicted octanol–water partition coefficient (Wildman–Crippen LogP) is 3.80. The number of amides is 1. The van der Waals surface area contributed by atoms with Gasteiger partial charge < -0.3 is 29.6 Å². The molecule has 0 unspecified atom stereocenters. The standard InChI is InChI=1S/C32H36N6O6/c1-5-33-29(39)24-23-25(44-32(3,4)43-23)30(42-24)38-18-35-22-26(36-27(37-28(22)38)31(40)41-6-2)34-17-21(19-13-9-7-10-14-19)20-15-11-8-12-16-20/h7-16,18,21,23-25,30H,5-6,17H2,1-4H3,(H,33,39)(H,34,36,37)/t23-,24+,25-,30-/m1/s1. The van der Waals surface area contributed by atoms with Crippen molar-refractivity contribution in [1.82, 2.24) is 24.8 Å². The second-order valence-electron chi connectivity index (χ2n) is 11.1. The molecule has 4 aromatic rings. The fourth-order valence-electron chi connectivity index (χ4n) is 5.80. The smallest absolute Gasteiger partial charge is 0.376 e. The van der Waals surface area contributed by atoms with Crippen molar-refractivity contribution >= 4 is 28.9 Å². The van der Waals surface area contributed by atoms with E-state index in [2.05, 4.69) is 49.9 Å². The molecule has 0 bridgehead atoms. The van der Waals surface area contributed by atoms with E-state index in [9.17, 15) is 9.59 Å². The van der Waals surface area contributed by atoms with Crippen molar-refractivity contribution in [3.8, 4) is 0 Å². The van der Waals surface area contributed by atoms with Crippen LogP contribution in [0, 0.1) is 0 Å². The fourth-order valence-corrected chi connectivity index (χ4v) is 5.80. The van der Waals surface area contributed by atoms with Gasteiger partial charge in [0.05, 0.1) is 12.9 Å². The molecule has 0 aliphatic carbocycles. The maximum atomic E-state index is 12.9. The van der Waals surface area contributed by atoms with Gasteiger partial charge in [-0.1, -0.05) is 60.7 Å². The topological polar surface area (TPSA) is 139 Å². The minimum Gasteiger partial charge on any atom is -0.460 e. The van der Waals surface area contributed by atoms with Crippen LogP contribution in [0.3, 0.4) is 0 Å². The van der Waals surface area contributed by atoms with Crippen molar-refractivity contribution in [2.24, 2.45) is 0 Å². The van der Waals surface area contributed by atoms with Crippen LogP contribution < -0.4 is 10.6 Å². The third-order valence-electron chi connectivity index (χ3n) is 7.67. The van der Waals surface area contributed by atoms with E-state index in [-0.39, 0.29) is 24.3 Å². The highest BCUT2D eigenvalue weighted by Gasteiger charge is 2.58. The molecule has 0 radical (unpaired) electrons. The van der Waals surface area contributed by atoms with Crippen molar-refractivity contribution in [2.75, 3.05) is 25.0 Å². The predicted molar refractivity (Wildman–Crippen MR) is 161 cm³/mol. The van der Waals surface area contributed by atoms with E-state index in [4.69, 9.17) is 18.9 Å². The summed E-state index contributed by atoms with van der Waals surface area (Å²) >= 11 is 0. The molecule has 2 N–H and O–H groups in total. The number of imidazole rings is 1. The Balaban J connectivity index is 1.39. The van der Waals surface area contributed by atoms with Crippen molar-refractivity contribution in [2.45, 2.75) is 63.9 Å². The summed E-state index contributed by atoms with van der Waals surface area (Å²) in [7, 11) is 0. The quantitative estimate of drug-likeness (QED) is 0.259. The van der Waals surface area contributed by atoms with E-state index >= 15 is 0 Å². The van der Waals surface area contributed by atoms with Gasteiger partial charge in [-0.15, -0.1) is 0 Å². The molecular weight excluding hydrogens is 564 g/mol. The zero-order valence-electron chi connectivity index (χ0n) is 25.1. The Morgan fingerprint density at radius 3 is 2.27 bits per heavy atom. The Bertz CT molecular complexity index is 1590. The first-order chi connectivity index (χ1) is 21.3. The SMILES string of the molecule is CCNC(=O)[C@H]1O[C@@H](n2cnc3c(NCC(c4ccccc4)c4ccccc4)nc(C(=O)OCC)nc32)[C@@H]2OC(C)(C)O[C@@H]21. The fraction of sp³-hybridized carbons (Fsp3) is 0.406. The van der Waals surface area contributed by atoms with Crippen LogP contribution in [0.1, 0.15) is 61.6 Å². The number of hydrogen-bond donors (Lipinski definition) is 2. The number of likely N-dealkylation sites (N-methyl/N-ethyl adjacent to an activating group) is 1. The summed E-state index contributed by atoms with van der Waals surface area (Å²) in [4.78, 5) is 39.6. The molecule has 1 amide bonds. The van der Waals surface area contributed by atoms with Crippen molar-refractivity contribution in [1.29, 1.82) is 0 Å². The third kappa shape index (κ3) is 5.75. The monoisotopic (exact) mass is 600 g/mol. The average Bonchev–Trinajstić information content (AvgIpc) is 3.69. The number of nitrogens with one attached hydrogen (secondary N) is 2. The van der Waals surface area contributed by atoms with Gasteiger partial charge in [-0.2, -0.15) is 0 Å². The lowest BCUT2D eigenvalue weighted by molar-refractivity contribution is -0.197. The Morgan fingerprint density at radius 2 is 1.64 bits per heavy atom. The highest BCUT2D eigenvalue weighted by molar-refractivity contribution is 5.91. The summed E-state index contributed by atoms with van der Waals surface area (Å²) in [6.45, 7) is 8.21. The first kappa shape index (κ1) is 29.7. The van der Waals surface area contributed by atoms with E-state index in [0.717, 1.165) is 11.1 Å². The third-order valence-corrected chi connectivity index (χ3v) is 7.67. The van der Waals surface area contributed by atoms with Gasteiger partial charge in [0.2, 0.25) is 5.82 Å². The van der Waals surface area contributed by atoms with E-state index in [1.807, 2.05) is 43.3 Å². The van der Waals surface area contributed by atoms with Crippen LogP contribution in [0.2, 0.25) is 0 Å². The van der Waals surface area contributed by atoms with Crippen LogP contribution >= 0.6 is 0 Å². The minimum absolute atomic E-state index is 0.0152. The number of esters is 1. The number of benzene rings is 2. The number of carbonyl (C=O) groups is 2. The maximum Gasteiger partial charge on any atom is 0.376 e. The van der Waals surface area contributed by atoms with Crippen molar-refractivity contribution in [3.63, 3.8) is 0 Å². The summed E-state index contributed by atoms with van der Waals surface area (Å²) in [6.07, 6.45) is -1.44. The second-order valence-corrected chi connectivity index (χ2v) is 11.1. The Hall–Kier alpha value is -4.39. The molecule has 12 heteroatoms. The number of anilines is 1. The first-order valence-corrected chi connectivity index (χ1v) is 14.8. The molecule has 6 rings (SSSR count). The number of aromatic nitrogens is 4. The Kier molecular flexibility index (Phi) is 8.30. The molecule has 44 heavy (non-hydrogen) atoms. The first-order valence-electron chi connectivity index (χ1n) is 14.8. The van der Waals surface area contributed by atoms with Gasteiger partial charge in [-0.3, -0.25) is 9.36 Å². The van der Waals surface area contributed by atoms with Gasteiger partial charge >= 0.3 is 5.97 Å². The summed E-state index contributed by atoms with van der Waals surface area (Å²) in [5.41, 5.74) is 3.00. The van der Waals surface area contributed by atoms with E-state index in [1.165, 1.54) is 0 Å². The molecule has 2 aromatic carbocycles. The molecule has 2 saturated heterocycles. The Morgan fingerprint density at radius 1 is 0.977 bits per heavy atom. The molecule has 230 valence electrons. The van der Waals surface area contributed by atoms with Crippen LogP contribution in [-0.2, 0) is 23.7 Å². The lowest BCUT2D eigenvalue weighted by atomic mass is 9.91. The average molecular weight is 601 g/mol.